The average molecular weight is 361 g/mol. The van der Waals surface area contributed by atoms with Gasteiger partial charge >= 0.3 is 5.97 Å². The van der Waals surface area contributed by atoms with Crippen molar-refractivity contribution >= 4 is 40.5 Å². The van der Waals surface area contributed by atoms with E-state index >= 15 is 0 Å². The van der Waals surface area contributed by atoms with Gasteiger partial charge in [-0.1, -0.05) is 11.6 Å². The number of hydrogen-bond donors (Lipinski definition) is 1. The number of carbonyl (C=O) groups excluding carboxylic acids is 2. The number of nitrogens with zero attached hydrogens (tertiary/aromatic N) is 1. The van der Waals surface area contributed by atoms with Gasteiger partial charge in [0.25, 0.3) is 5.91 Å². The Kier molecular flexibility index (Phi) is 4.84. The maximum Gasteiger partial charge on any atom is 0.348 e. The SMILES string of the molecule is N#Cc1ccc(Cl)cc1NC(=O)COC(=O)c1cc2c(s1)CCC2. The van der Waals surface area contributed by atoms with Gasteiger partial charge in [0.2, 0.25) is 0 Å². The first-order valence-corrected chi connectivity index (χ1v) is 8.54. The maximum atomic E-state index is 12.0. The lowest BCUT2D eigenvalue weighted by Crippen LogP contribution is -2.21. The summed E-state index contributed by atoms with van der Waals surface area (Å²) in [6, 6.07) is 8.35. The summed E-state index contributed by atoms with van der Waals surface area (Å²) in [4.78, 5) is 25.7. The number of rotatable bonds is 4. The van der Waals surface area contributed by atoms with E-state index in [0.29, 0.717) is 15.6 Å². The van der Waals surface area contributed by atoms with Gasteiger partial charge in [0.05, 0.1) is 11.3 Å². The monoisotopic (exact) mass is 360 g/mol. The van der Waals surface area contributed by atoms with Gasteiger partial charge in [0, 0.05) is 9.90 Å². The van der Waals surface area contributed by atoms with E-state index in [2.05, 4.69) is 5.32 Å². The van der Waals surface area contributed by atoms with Crippen molar-refractivity contribution in [1.82, 2.24) is 0 Å². The first kappa shape index (κ1) is 16.5. The molecule has 1 aromatic carbocycles. The van der Waals surface area contributed by atoms with Gasteiger partial charge in [-0.05, 0) is 49.1 Å². The van der Waals surface area contributed by atoms with Crippen molar-refractivity contribution < 1.29 is 14.3 Å². The zero-order chi connectivity index (χ0) is 17.1. The number of benzene rings is 1. The van der Waals surface area contributed by atoms with Gasteiger partial charge in [-0.15, -0.1) is 11.3 Å². The van der Waals surface area contributed by atoms with Crippen molar-refractivity contribution in [3.05, 3.63) is 50.2 Å². The Balaban J connectivity index is 1.58. The van der Waals surface area contributed by atoms with Crippen LogP contribution in [0.15, 0.2) is 24.3 Å². The highest BCUT2D eigenvalue weighted by molar-refractivity contribution is 7.14. The average Bonchev–Trinajstić information content (AvgIpc) is 3.14. The van der Waals surface area contributed by atoms with E-state index in [1.807, 2.05) is 12.1 Å². The third-order valence-corrected chi connectivity index (χ3v) is 5.11. The van der Waals surface area contributed by atoms with Crippen molar-refractivity contribution in [2.24, 2.45) is 0 Å². The van der Waals surface area contributed by atoms with E-state index in [0.717, 1.165) is 19.3 Å². The number of nitriles is 1. The molecule has 1 amide bonds. The van der Waals surface area contributed by atoms with Crippen molar-refractivity contribution in [2.75, 3.05) is 11.9 Å². The van der Waals surface area contributed by atoms with Crippen LogP contribution in [-0.4, -0.2) is 18.5 Å². The van der Waals surface area contributed by atoms with Crippen LogP contribution in [0.3, 0.4) is 0 Å². The molecular formula is C17H13ClN2O3S. The third-order valence-electron chi connectivity index (χ3n) is 3.66. The second-order valence-electron chi connectivity index (χ2n) is 5.34. The van der Waals surface area contributed by atoms with Crippen LogP contribution in [0.5, 0.6) is 0 Å². The number of anilines is 1. The normalized spacial score (nSPS) is 12.3. The molecule has 122 valence electrons. The smallest absolute Gasteiger partial charge is 0.348 e. The largest absolute Gasteiger partial charge is 0.451 e. The van der Waals surface area contributed by atoms with Crippen LogP contribution in [0, 0.1) is 11.3 Å². The number of halogens is 1. The summed E-state index contributed by atoms with van der Waals surface area (Å²) in [6.45, 7) is -0.418. The molecule has 1 aliphatic rings. The molecule has 0 saturated heterocycles. The van der Waals surface area contributed by atoms with E-state index in [9.17, 15) is 9.59 Å². The fraction of sp³-hybridized carbons (Fsp3) is 0.235. The molecule has 2 aromatic rings. The van der Waals surface area contributed by atoms with Crippen LogP contribution in [0.1, 0.15) is 32.1 Å². The van der Waals surface area contributed by atoms with Crippen LogP contribution < -0.4 is 5.32 Å². The van der Waals surface area contributed by atoms with Gasteiger partial charge in [-0.3, -0.25) is 4.79 Å². The van der Waals surface area contributed by atoms with E-state index < -0.39 is 18.5 Å². The Bertz CT molecular complexity index is 833. The number of thiophene rings is 1. The Morgan fingerprint density at radius 3 is 2.92 bits per heavy atom. The highest BCUT2D eigenvalue weighted by atomic mass is 35.5. The van der Waals surface area contributed by atoms with E-state index in [1.54, 1.807) is 6.07 Å². The van der Waals surface area contributed by atoms with E-state index in [-0.39, 0.29) is 5.56 Å². The van der Waals surface area contributed by atoms with Crippen molar-refractivity contribution in [3.63, 3.8) is 0 Å². The summed E-state index contributed by atoms with van der Waals surface area (Å²) in [5.74, 6) is -1.03. The van der Waals surface area contributed by atoms with Gasteiger partial charge in [0.1, 0.15) is 10.9 Å². The lowest BCUT2D eigenvalue weighted by molar-refractivity contribution is -0.119. The highest BCUT2D eigenvalue weighted by Crippen LogP contribution is 2.30. The van der Waals surface area contributed by atoms with Crippen molar-refractivity contribution in [2.45, 2.75) is 19.3 Å². The Morgan fingerprint density at radius 1 is 1.33 bits per heavy atom. The molecule has 24 heavy (non-hydrogen) atoms. The maximum absolute atomic E-state index is 12.0. The minimum atomic E-state index is -0.522. The van der Waals surface area contributed by atoms with E-state index in [1.165, 1.54) is 33.9 Å². The molecule has 5 nitrogen and oxygen atoms in total. The Morgan fingerprint density at radius 2 is 2.17 bits per heavy atom. The first-order valence-electron chi connectivity index (χ1n) is 7.35. The zero-order valence-corrected chi connectivity index (χ0v) is 14.2. The molecule has 7 heteroatoms. The minimum absolute atomic E-state index is 0.286. The number of hydrogen-bond acceptors (Lipinski definition) is 5. The molecule has 0 radical (unpaired) electrons. The lowest BCUT2D eigenvalue weighted by Gasteiger charge is -2.08. The molecule has 1 aromatic heterocycles. The first-order chi connectivity index (χ1) is 11.6. The van der Waals surface area contributed by atoms with E-state index in [4.69, 9.17) is 21.6 Å². The van der Waals surface area contributed by atoms with Crippen molar-refractivity contribution in [3.8, 4) is 6.07 Å². The molecule has 1 heterocycles. The van der Waals surface area contributed by atoms with Crippen LogP contribution in [0.4, 0.5) is 5.69 Å². The summed E-state index contributed by atoms with van der Waals surface area (Å²) in [5, 5.41) is 11.9. The minimum Gasteiger partial charge on any atom is -0.451 e. The van der Waals surface area contributed by atoms with Gasteiger partial charge in [-0.2, -0.15) is 5.26 Å². The molecule has 0 atom stereocenters. The van der Waals surface area contributed by atoms with Crippen LogP contribution >= 0.6 is 22.9 Å². The predicted octanol–water partition coefficient (Wildman–Crippen LogP) is 3.56. The number of carbonyl (C=O) groups is 2. The summed E-state index contributed by atoms with van der Waals surface area (Å²) < 4.78 is 5.05. The molecular weight excluding hydrogens is 348 g/mol. The van der Waals surface area contributed by atoms with Gasteiger partial charge < -0.3 is 10.1 Å². The second kappa shape index (κ2) is 7.04. The van der Waals surface area contributed by atoms with Gasteiger partial charge in [0.15, 0.2) is 6.61 Å². The molecule has 0 saturated carbocycles. The molecule has 1 N–H and O–H groups in total. The summed E-state index contributed by atoms with van der Waals surface area (Å²) in [5.41, 5.74) is 1.78. The fourth-order valence-electron chi connectivity index (χ4n) is 2.54. The zero-order valence-electron chi connectivity index (χ0n) is 12.6. The van der Waals surface area contributed by atoms with Gasteiger partial charge in [-0.25, -0.2) is 4.79 Å². The topological polar surface area (TPSA) is 79.2 Å². The predicted molar refractivity (Wildman–Crippen MR) is 91.4 cm³/mol. The molecule has 0 spiro atoms. The highest BCUT2D eigenvalue weighted by Gasteiger charge is 2.20. The molecule has 0 fully saturated rings. The van der Waals surface area contributed by atoms with Crippen LogP contribution in [-0.2, 0) is 22.4 Å². The second-order valence-corrected chi connectivity index (χ2v) is 6.91. The quantitative estimate of drug-likeness (QED) is 0.845. The summed E-state index contributed by atoms with van der Waals surface area (Å²) >= 11 is 7.28. The molecule has 0 aliphatic heterocycles. The fourth-order valence-corrected chi connectivity index (χ4v) is 3.86. The van der Waals surface area contributed by atoms with Crippen molar-refractivity contribution in [1.29, 1.82) is 5.26 Å². The molecule has 0 bridgehead atoms. The Hall–Kier alpha value is -2.36. The van der Waals surface area contributed by atoms with Crippen LogP contribution in [0.25, 0.3) is 0 Å². The molecule has 1 aliphatic carbocycles. The molecule has 0 unspecified atom stereocenters. The number of amides is 1. The van der Waals surface area contributed by atoms with Crippen LogP contribution in [0.2, 0.25) is 5.02 Å². The summed E-state index contributed by atoms with van der Waals surface area (Å²) in [6.07, 6.45) is 3.12. The number of ether oxygens (including phenoxy) is 1. The Labute approximate surface area is 147 Å². The standard InChI is InChI=1S/C17H13ClN2O3S/c18-12-5-4-11(8-19)13(7-12)20-16(21)9-23-17(22)15-6-10-2-1-3-14(10)24-15/h4-7H,1-3,9H2,(H,20,21). The number of esters is 1. The third kappa shape index (κ3) is 3.58. The summed E-state index contributed by atoms with van der Waals surface area (Å²) in [7, 11) is 0. The number of aryl methyl sites for hydroxylation is 2. The number of nitrogens with one attached hydrogen (secondary N) is 1. The lowest BCUT2D eigenvalue weighted by atomic mass is 10.2. The number of fused-ring (bicyclic) bond motifs is 1. The molecule has 3 rings (SSSR count).